The van der Waals surface area contributed by atoms with Crippen LogP contribution in [-0.4, -0.2) is 63.2 Å². The lowest BCUT2D eigenvalue weighted by Crippen LogP contribution is -2.43. The number of piperazine rings is 1. The van der Waals surface area contributed by atoms with Gasteiger partial charge < -0.3 is 25.3 Å². The molecule has 5 rings (SSSR count). The number of likely N-dealkylation sites (tertiary alicyclic amines) is 1. The molecule has 0 saturated carbocycles. The van der Waals surface area contributed by atoms with Crippen LogP contribution in [0.15, 0.2) is 30.5 Å². The lowest BCUT2D eigenvalue weighted by atomic mass is 10.0. The van der Waals surface area contributed by atoms with E-state index in [9.17, 15) is 0 Å². The second-order valence-electron chi connectivity index (χ2n) is 9.09. The summed E-state index contributed by atoms with van der Waals surface area (Å²) >= 11 is 1.89. The molecule has 2 saturated heterocycles. The molecule has 3 aliphatic heterocycles. The Bertz CT molecular complexity index is 928. The van der Waals surface area contributed by atoms with Crippen molar-refractivity contribution < 1.29 is 0 Å². The number of nitrogens with one attached hydrogen (secondary N) is 2. The van der Waals surface area contributed by atoms with Crippen molar-refractivity contribution in [2.45, 2.75) is 25.8 Å². The lowest BCUT2D eigenvalue weighted by molar-refractivity contribution is 0.452. The van der Waals surface area contributed by atoms with Gasteiger partial charge in [0.2, 0.25) is 0 Å². The normalized spacial score (nSPS) is 23.4. The summed E-state index contributed by atoms with van der Waals surface area (Å²) in [5.74, 6) is 1.90. The van der Waals surface area contributed by atoms with Crippen LogP contribution >= 0.6 is 11.3 Å². The number of aromatic nitrogens is 1. The molecule has 2 aromatic heterocycles. The predicted octanol–water partition coefficient (Wildman–Crippen LogP) is 3.86. The van der Waals surface area contributed by atoms with Crippen molar-refractivity contribution in [3.63, 3.8) is 0 Å². The standard InChI is InChI=1S/C24H34N6S/c1-4-17-7-10-30(16-17)21-13-19(27-20-14-23(28(2)3)31-24(20)21)18-5-6-22(26-15-18)29-11-8-25-9-12-29/h5-6,13-15,17,19,25,27H,4,7-12,16H2,1-3H3. The van der Waals surface area contributed by atoms with E-state index in [0.717, 1.165) is 44.5 Å². The Kier molecular flexibility index (Phi) is 5.80. The molecule has 0 bridgehead atoms. The molecule has 166 valence electrons. The van der Waals surface area contributed by atoms with Gasteiger partial charge in [0.15, 0.2) is 0 Å². The third-order valence-electron chi connectivity index (χ3n) is 6.80. The van der Waals surface area contributed by atoms with Gasteiger partial charge in [0.25, 0.3) is 0 Å². The first-order valence-electron chi connectivity index (χ1n) is 11.6. The van der Waals surface area contributed by atoms with Crippen LogP contribution in [0.2, 0.25) is 0 Å². The molecule has 2 N–H and O–H groups in total. The van der Waals surface area contributed by atoms with Crippen molar-refractivity contribution in [1.29, 1.82) is 0 Å². The fraction of sp³-hybridized carbons (Fsp3) is 0.542. The summed E-state index contributed by atoms with van der Waals surface area (Å²) in [7, 11) is 4.25. The third kappa shape index (κ3) is 4.13. The van der Waals surface area contributed by atoms with Gasteiger partial charge in [-0.1, -0.05) is 19.4 Å². The molecule has 0 amide bonds. The summed E-state index contributed by atoms with van der Waals surface area (Å²) in [5.41, 5.74) is 3.88. The second kappa shape index (κ2) is 8.71. The Morgan fingerprint density at radius 3 is 2.68 bits per heavy atom. The highest BCUT2D eigenvalue weighted by atomic mass is 32.1. The Labute approximate surface area is 189 Å². The fourth-order valence-corrected chi connectivity index (χ4v) is 5.91. The average molecular weight is 439 g/mol. The zero-order valence-corrected chi connectivity index (χ0v) is 19.7. The van der Waals surface area contributed by atoms with Crippen molar-refractivity contribution >= 4 is 33.5 Å². The van der Waals surface area contributed by atoms with Crippen molar-refractivity contribution in [1.82, 2.24) is 15.2 Å². The van der Waals surface area contributed by atoms with Crippen LogP contribution in [0.25, 0.3) is 5.70 Å². The van der Waals surface area contributed by atoms with E-state index >= 15 is 0 Å². The number of fused-ring (bicyclic) bond motifs is 1. The van der Waals surface area contributed by atoms with Gasteiger partial charge in [-0.25, -0.2) is 4.98 Å². The van der Waals surface area contributed by atoms with Crippen LogP contribution in [-0.2, 0) is 0 Å². The number of rotatable bonds is 5. The minimum Gasteiger partial charge on any atom is -0.373 e. The van der Waals surface area contributed by atoms with Gasteiger partial charge in [0, 0.05) is 59.6 Å². The van der Waals surface area contributed by atoms with Gasteiger partial charge in [0.1, 0.15) is 5.82 Å². The smallest absolute Gasteiger partial charge is 0.128 e. The molecule has 2 fully saturated rings. The summed E-state index contributed by atoms with van der Waals surface area (Å²) < 4.78 is 0. The highest BCUT2D eigenvalue weighted by Crippen LogP contribution is 2.45. The molecule has 6 nitrogen and oxygen atoms in total. The van der Waals surface area contributed by atoms with Crippen LogP contribution in [0, 0.1) is 5.92 Å². The molecule has 0 aromatic carbocycles. The van der Waals surface area contributed by atoms with Crippen molar-refractivity contribution in [3.05, 3.63) is 40.9 Å². The van der Waals surface area contributed by atoms with Crippen LogP contribution in [0.3, 0.4) is 0 Å². The van der Waals surface area contributed by atoms with Gasteiger partial charge in [-0.05, 0) is 36.1 Å². The quantitative estimate of drug-likeness (QED) is 0.739. The fourth-order valence-electron chi connectivity index (χ4n) is 4.81. The number of hydrogen-bond donors (Lipinski definition) is 2. The summed E-state index contributed by atoms with van der Waals surface area (Å²) in [6.07, 6.45) is 7.06. The van der Waals surface area contributed by atoms with Crippen molar-refractivity contribution in [2.75, 3.05) is 68.5 Å². The topological polar surface area (TPSA) is 46.7 Å². The summed E-state index contributed by atoms with van der Waals surface area (Å²) in [6, 6.07) is 6.89. The van der Waals surface area contributed by atoms with Crippen LogP contribution in [0.1, 0.15) is 36.2 Å². The predicted molar refractivity (Wildman–Crippen MR) is 132 cm³/mol. The van der Waals surface area contributed by atoms with Gasteiger partial charge in [0.05, 0.1) is 27.3 Å². The number of anilines is 3. The van der Waals surface area contributed by atoms with E-state index in [-0.39, 0.29) is 6.04 Å². The molecule has 2 aromatic rings. The van der Waals surface area contributed by atoms with Gasteiger partial charge in [-0.2, -0.15) is 0 Å². The molecule has 0 aliphatic carbocycles. The number of hydrogen-bond acceptors (Lipinski definition) is 7. The second-order valence-corrected chi connectivity index (χ2v) is 10.1. The van der Waals surface area contributed by atoms with E-state index in [1.807, 2.05) is 11.3 Å². The molecule has 31 heavy (non-hydrogen) atoms. The maximum atomic E-state index is 4.82. The van der Waals surface area contributed by atoms with E-state index < -0.39 is 0 Å². The van der Waals surface area contributed by atoms with Gasteiger partial charge in [-0.3, -0.25) is 0 Å². The number of nitrogens with zero attached hydrogens (tertiary/aromatic N) is 4. The minimum absolute atomic E-state index is 0.150. The summed E-state index contributed by atoms with van der Waals surface area (Å²) in [5, 5.41) is 8.49. The Hall–Kier alpha value is -2.25. The van der Waals surface area contributed by atoms with Crippen molar-refractivity contribution in [2.24, 2.45) is 5.92 Å². The SMILES string of the molecule is CCC1CCN(C2=CC(c3ccc(N4CCNCC4)nc3)Nc3cc(N(C)C)sc32)C1. The first-order chi connectivity index (χ1) is 15.1. The van der Waals surface area contributed by atoms with Crippen LogP contribution in [0.5, 0.6) is 0 Å². The Morgan fingerprint density at radius 1 is 1.16 bits per heavy atom. The van der Waals surface area contributed by atoms with Gasteiger partial charge in [-0.15, -0.1) is 11.3 Å². The number of pyridine rings is 1. The van der Waals surface area contributed by atoms with Crippen LogP contribution < -0.4 is 20.4 Å². The molecule has 2 unspecified atom stereocenters. The summed E-state index contributed by atoms with van der Waals surface area (Å²) in [6.45, 7) is 8.76. The maximum Gasteiger partial charge on any atom is 0.128 e. The molecule has 7 heteroatoms. The molecule has 3 aliphatic rings. The molecule has 2 atom stereocenters. The monoisotopic (exact) mass is 438 g/mol. The van der Waals surface area contributed by atoms with E-state index in [1.54, 1.807) is 0 Å². The lowest BCUT2D eigenvalue weighted by Gasteiger charge is -2.31. The first kappa shape index (κ1) is 20.6. The highest BCUT2D eigenvalue weighted by Gasteiger charge is 2.30. The average Bonchev–Trinajstić information content (AvgIpc) is 3.46. The van der Waals surface area contributed by atoms with E-state index in [0.29, 0.717) is 0 Å². The van der Waals surface area contributed by atoms with Gasteiger partial charge >= 0.3 is 0 Å². The third-order valence-corrected chi connectivity index (χ3v) is 8.13. The zero-order chi connectivity index (χ0) is 21.4. The molecule has 5 heterocycles. The number of thiophene rings is 1. The first-order valence-corrected chi connectivity index (χ1v) is 12.4. The Morgan fingerprint density at radius 2 is 2.00 bits per heavy atom. The molecular formula is C24H34N6S. The van der Waals surface area contributed by atoms with E-state index in [2.05, 4.69) is 76.8 Å². The molecule has 0 radical (unpaired) electrons. The van der Waals surface area contributed by atoms with E-state index in [4.69, 9.17) is 4.98 Å². The minimum atomic E-state index is 0.150. The van der Waals surface area contributed by atoms with E-state index in [1.165, 1.54) is 46.2 Å². The largest absolute Gasteiger partial charge is 0.373 e. The molecular weight excluding hydrogens is 404 g/mol. The zero-order valence-electron chi connectivity index (χ0n) is 18.9. The maximum absolute atomic E-state index is 4.82. The Balaban J connectivity index is 1.43. The highest BCUT2D eigenvalue weighted by molar-refractivity contribution is 7.17. The van der Waals surface area contributed by atoms with Crippen molar-refractivity contribution in [3.8, 4) is 0 Å². The summed E-state index contributed by atoms with van der Waals surface area (Å²) in [4.78, 5) is 13.4. The van der Waals surface area contributed by atoms with Crippen LogP contribution in [0.4, 0.5) is 16.5 Å². The molecule has 0 spiro atoms.